The summed E-state index contributed by atoms with van der Waals surface area (Å²) in [7, 11) is 0. The smallest absolute Gasteiger partial charge is 0.114 e. The van der Waals surface area contributed by atoms with Crippen molar-refractivity contribution in [3.63, 3.8) is 0 Å². The number of amidine groups is 1. The summed E-state index contributed by atoms with van der Waals surface area (Å²) in [6.07, 6.45) is 2.31. The maximum Gasteiger partial charge on any atom is 0.114 e. The van der Waals surface area contributed by atoms with Gasteiger partial charge in [-0.2, -0.15) is 0 Å². The quantitative estimate of drug-likeness (QED) is 0.820. The lowest BCUT2D eigenvalue weighted by Crippen LogP contribution is -2.41. The molecule has 0 radical (unpaired) electrons. The highest BCUT2D eigenvalue weighted by molar-refractivity contribution is 5.98. The van der Waals surface area contributed by atoms with Crippen LogP contribution >= 0.6 is 0 Å². The van der Waals surface area contributed by atoms with Crippen LogP contribution in [0.4, 0.5) is 0 Å². The number of hydrogen-bond acceptors (Lipinski definition) is 2. The Morgan fingerprint density at radius 3 is 2.05 bits per heavy atom. The molecule has 0 bridgehead atoms. The Labute approximate surface area is 126 Å². The van der Waals surface area contributed by atoms with Crippen molar-refractivity contribution in [2.45, 2.75) is 18.3 Å². The van der Waals surface area contributed by atoms with E-state index >= 15 is 0 Å². The molecule has 0 aliphatic carbocycles. The van der Waals surface area contributed by atoms with E-state index in [2.05, 4.69) is 65.6 Å². The maximum absolute atomic E-state index is 4.94. The second kappa shape index (κ2) is 5.03. The predicted molar refractivity (Wildman–Crippen MR) is 86.8 cm³/mol. The van der Waals surface area contributed by atoms with Crippen molar-refractivity contribution in [2.75, 3.05) is 19.6 Å². The SMILES string of the molecule is c1ccc(C2(c3ccccc3)CCN3CCCN=C32)cc1. The molecule has 2 aromatic carbocycles. The molecule has 0 N–H and O–H groups in total. The molecule has 2 aliphatic rings. The minimum absolute atomic E-state index is 0.0526. The van der Waals surface area contributed by atoms with Crippen molar-refractivity contribution in [3.8, 4) is 0 Å². The lowest BCUT2D eigenvalue weighted by atomic mass is 9.72. The van der Waals surface area contributed by atoms with E-state index in [1.807, 2.05) is 0 Å². The topological polar surface area (TPSA) is 15.6 Å². The van der Waals surface area contributed by atoms with Gasteiger partial charge in [0.1, 0.15) is 5.84 Å². The largest absolute Gasteiger partial charge is 0.359 e. The van der Waals surface area contributed by atoms with Crippen LogP contribution in [-0.2, 0) is 5.41 Å². The van der Waals surface area contributed by atoms with Crippen LogP contribution in [0, 0.1) is 0 Å². The van der Waals surface area contributed by atoms with Crippen LogP contribution in [0.3, 0.4) is 0 Å². The monoisotopic (exact) mass is 276 g/mol. The highest BCUT2D eigenvalue weighted by Gasteiger charge is 2.47. The normalized spacial score (nSPS) is 20.0. The Bertz CT molecular complexity index is 606. The van der Waals surface area contributed by atoms with E-state index in [4.69, 9.17) is 4.99 Å². The van der Waals surface area contributed by atoms with Gasteiger partial charge in [-0.15, -0.1) is 0 Å². The lowest BCUT2D eigenvalue weighted by molar-refractivity contribution is 0.427. The standard InChI is InChI=1S/C19H20N2/c1-3-8-16(9-4-1)19(17-10-5-2-6-11-17)12-15-21-14-7-13-20-18(19)21/h1-6,8-11H,7,12-15H2. The van der Waals surface area contributed by atoms with Crippen molar-refractivity contribution in [1.82, 2.24) is 4.90 Å². The molecule has 0 aromatic heterocycles. The van der Waals surface area contributed by atoms with Crippen LogP contribution < -0.4 is 0 Å². The molecule has 1 fully saturated rings. The first-order valence-electron chi connectivity index (χ1n) is 7.82. The highest BCUT2D eigenvalue weighted by Crippen LogP contribution is 2.43. The predicted octanol–water partition coefficient (Wildman–Crippen LogP) is 3.48. The summed E-state index contributed by atoms with van der Waals surface area (Å²) in [5.41, 5.74) is 2.70. The summed E-state index contributed by atoms with van der Waals surface area (Å²) in [5.74, 6) is 1.28. The number of fused-ring (bicyclic) bond motifs is 1. The molecule has 21 heavy (non-hydrogen) atoms. The zero-order chi connectivity index (χ0) is 14.1. The van der Waals surface area contributed by atoms with Gasteiger partial charge >= 0.3 is 0 Å². The molecule has 106 valence electrons. The number of nitrogens with zero attached hydrogens (tertiary/aromatic N) is 2. The fourth-order valence-electron chi connectivity index (χ4n) is 3.85. The minimum atomic E-state index is -0.0526. The summed E-state index contributed by atoms with van der Waals surface area (Å²) in [6.45, 7) is 3.23. The number of aliphatic imine (C=N–C) groups is 1. The first-order valence-corrected chi connectivity index (χ1v) is 7.82. The minimum Gasteiger partial charge on any atom is -0.359 e. The summed E-state index contributed by atoms with van der Waals surface area (Å²) < 4.78 is 0. The van der Waals surface area contributed by atoms with E-state index in [9.17, 15) is 0 Å². The Hall–Kier alpha value is -2.09. The van der Waals surface area contributed by atoms with Gasteiger partial charge in [0, 0.05) is 19.6 Å². The van der Waals surface area contributed by atoms with E-state index in [0.29, 0.717) is 0 Å². The molecule has 2 aliphatic heterocycles. The Morgan fingerprint density at radius 1 is 0.810 bits per heavy atom. The van der Waals surface area contributed by atoms with E-state index < -0.39 is 0 Å². The summed E-state index contributed by atoms with van der Waals surface area (Å²) >= 11 is 0. The molecular formula is C19H20N2. The first kappa shape index (κ1) is 12.6. The fraction of sp³-hybridized carbons (Fsp3) is 0.316. The van der Waals surface area contributed by atoms with Crippen molar-refractivity contribution >= 4 is 5.84 Å². The molecule has 0 atom stereocenters. The van der Waals surface area contributed by atoms with Crippen LogP contribution in [0.25, 0.3) is 0 Å². The Kier molecular flexibility index (Phi) is 3.03. The van der Waals surface area contributed by atoms with Gasteiger partial charge in [0.25, 0.3) is 0 Å². The molecule has 4 rings (SSSR count). The van der Waals surface area contributed by atoms with Gasteiger partial charge in [0.05, 0.1) is 5.41 Å². The van der Waals surface area contributed by atoms with Gasteiger partial charge in [-0.25, -0.2) is 0 Å². The third-order valence-corrected chi connectivity index (χ3v) is 4.82. The van der Waals surface area contributed by atoms with Crippen molar-refractivity contribution in [3.05, 3.63) is 71.8 Å². The van der Waals surface area contributed by atoms with E-state index in [1.165, 1.54) is 23.4 Å². The van der Waals surface area contributed by atoms with Crippen molar-refractivity contribution < 1.29 is 0 Å². The highest BCUT2D eigenvalue weighted by atomic mass is 15.2. The fourth-order valence-corrected chi connectivity index (χ4v) is 3.85. The molecule has 1 saturated heterocycles. The summed E-state index contributed by atoms with van der Waals surface area (Å²) in [6, 6.07) is 21.8. The first-order chi connectivity index (χ1) is 10.4. The van der Waals surface area contributed by atoms with Gasteiger partial charge in [-0.05, 0) is 24.0 Å². The number of rotatable bonds is 2. The van der Waals surface area contributed by atoms with Crippen LogP contribution in [-0.4, -0.2) is 30.4 Å². The zero-order valence-electron chi connectivity index (χ0n) is 12.2. The van der Waals surface area contributed by atoms with E-state index in [0.717, 1.165) is 26.1 Å². The van der Waals surface area contributed by atoms with Crippen LogP contribution in [0.2, 0.25) is 0 Å². The molecule has 2 nitrogen and oxygen atoms in total. The van der Waals surface area contributed by atoms with Crippen molar-refractivity contribution in [1.29, 1.82) is 0 Å². The van der Waals surface area contributed by atoms with Gasteiger partial charge in [-0.3, -0.25) is 4.99 Å². The van der Waals surface area contributed by atoms with Crippen LogP contribution in [0.15, 0.2) is 65.7 Å². The number of benzene rings is 2. The van der Waals surface area contributed by atoms with Crippen molar-refractivity contribution in [2.24, 2.45) is 4.99 Å². The molecule has 0 amide bonds. The maximum atomic E-state index is 4.94. The van der Waals surface area contributed by atoms with E-state index in [-0.39, 0.29) is 5.41 Å². The summed E-state index contributed by atoms with van der Waals surface area (Å²) in [5, 5.41) is 0. The lowest BCUT2D eigenvalue weighted by Gasteiger charge is -2.34. The Balaban J connectivity index is 1.94. The summed E-state index contributed by atoms with van der Waals surface area (Å²) in [4.78, 5) is 7.43. The van der Waals surface area contributed by atoms with Gasteiger partial charge in [0.2, 0.25) is 0 Å². The van der Waals surface area contributed by atoms with Gasteiger partial charge < -0.3 is 4.90 Å². The third-order valence-electron chi connectivity index (χ3n) is 4.82. The van der Waals surface area contributed by atoms with E-state index in [1.54, 1.807) is 0 Å². The van der Waals surface area contributed by atoms with Gasteiger partial charge in [-0.1, -0.05) is 60.7 Å². The van der Waals surface area contributed by atoms with Crippen LogP contribution in [0.5, 0.6) is 0 Å². The Morgan fingerprint density at radius 2 is 1.43 bits per heavy atom. The average molecular weight is 276 g/mol. The second-order valence-electron chi connectivity index (χ2n) is 5.93. The second-order valence-corrected chi connectivity index (χ2v) is 5.93. The molecule has 2 heteroatoms. The molecule has 0 spiro atoms. The van der Waals surface area contributed by atoms with Crippen LogP contribution in [0.1, 0.15) is 24.0 Å². The molecular weight excluding hydrogens is 256 g/mol. The number of hydrogen-bond donors (Lipinski definition) is 0. The molecule has 0 unspecified atom stereocenters. The molecule has 2 heterocycles. The third kappa shape index (κ3) is 1.90. The molecule has 0 saturated carbocycles. The average Bonchev–Trinajstić information content (AvgIpc) is 2.97. The van der Waals surface area contributed by atoms with Gasteiger partial charge in [0.15, 0.2) is 0 Å². The zero-order valence-corrected chi connectivity index (χ0v) is 12.2. The molecule has 2 aromatic rings.